The van der Waals surface area contributed by atoms with E-state index in [0.29, 0.717) is 5.92 Å². The lowest BCUT2D eigenvalue weighted by atomic mass is 9.62. The zero-order chi connectivity index (χ0) is 16.3. The van der Waals surface area contributed by atoms with Gasteiger partial charge in [0.2, 0.25) is 0 Å². The van der Waals surface area contributed by atoms with Gasteiger partial charge < -0.3 is 0 Å². The van der Waals surface area contributed by atoms with Crippen LogP contribution in [0.15, 0.2) is 48.7 Å². The summed E-state index contributed by atoms with van der Waals surface area (Å²) in [6.07, 6.45) is 6.04. The lowest BCUT2D eigenvalue weighted by Gasteiger charge is -2.42. The SMILES string of the molecule is CC(C)c1ccc2c(-c3ccc4c(c3)C3CC(C4)C3)nccc2c1. The molecular weight excluding hydrogens is 290 g/mol. The first-order valence-electron chi connectivity index (χ1n) is 9.21. The average molecular weight is 313 g/mol. The van der Waals surface area contributed by atoms with Crippen LogP contribution < -0.4 is 0 Å². The van der Waals surface area contributed by atoms with Crippen molar-refractivity contribution in [3.8, 4) is 11.3 Å². The van der Waals surface area contributed by atoms with Crippen molar-refractivity contribution in [3.05, 3.63) is 65.4 Å². The summed E-state index contributed by atoms with van der Waals surface area (Å²) >= 11 is 0. The van der Waals surface area contributed by atoms with Gasteiger partial charge in [-0.3, -0.25) is 4.98 Å². The lowest BCUT2D eigenvalue weighted by Crippen LogP contribution is -2.30. The van der Waals surface area contributed by atoms with Crippen LogP contribution in [0.1, 0.15) is 55.2 Å². The van der Waals surface area contributed by atoms with Gasteiger partial charge in [-0.1, -0.05) is 44.2 Å². The van der Waals surface area contributed by atoms with E-state index in [0.717, 1.165) is 17.5 Å². The molecule has 1 nitrogen and oxygen atoms in total. The Balaban J connectivity index is 1.65. The van der Waals surface area contributed by atoms with Gasteiger partial charge in [-0.05, 0) is 71.2 Å². The maximum Gasteiger partial charge on any atom is 0.0780 e. The van der Waals surface area contributed by atoms with Gasteiger partial charge in [0.25, 0.3) is 0 Å². The monoisotopic (exact) mass is 313 g/mol. The Hall–Kier alpha value is -2.15. The third-order valence-corrected chi connectivity index (χ3v) is 6.06. The number of pyridine rings is 1. The van der Waals surface area contributed by atoms with Gasteiger partial charge in [-0.15, -0.1) is 0 Å². The van der Waals surface area contributed by atoms with Crippen LogP contribution in [0.25, 0.3) is 22.0 Å². The Labute approximate surface area is 143 Å². The van der Waals surface area contributed by atoms with Gasteiger partial charge in [0.15, 0.2) is 0 Å². The van der Waals surface area contributed by atoms with Crippen molar-refractivity contribution in [2.45, 2.75) is 44.9 Å². The second kappa shape index (κ2) is 5.17. The summed E-state index contributed by atoms with van der Waals surface area (Å²) in [5.41, 5.74) is 6.97. The molecule has 120 valence electrons. The first-order chi connectivity index (χ1) is 11.7. The fraction of sp³-hybridized carbons (Fsp3) is 0.348. The number of nitrogens with zero attached hydrogens (tertiary/aromatic N) is 1. The minimum Gasteiger partial charge on any atom is -0.256 e. The number of fused-ring (bicyclic) bond motifs is 1. The summed E-state index contributed by atoms with van der Waals surface area (Å²) in [6.45, 7) is 4.50. The van der Waals surface area contributed by atoms with Gasteiger partial charge in [-0.2, -0.15) is 0 Å². The molecule has 1 heteroatoms. The van der Waals surface area contributed by atoms with Crippen LogP contribution in [0.2, 0.25) is 0 Å². The second-order valence-electron chi connectivity index (χ2n) is 7.95. The van der Waals surface area contributed by atoms with Crippen LogP contribution in [0.3, 0.4) is 0 Å². The molecule has 0 unspecified atom stereocenters. The molecule has 1 saturated carbocycles. The first-order valence-corrected chi connectivity index (χ1v) is 9.21. The van der Waals surface area contributed by atoms with Crippen LogP contribution in [-0.4, -0.2) is 4.98 Å². The molecule has 0 atom stereocenters. The predicted molar refractivity (Wildman–Crippen MR) is 100 cm³/mol. The molecule has 0 radical (unpaired) electrons. The molecule has 6 rings (SSSR count). The summed E-state index contributed by atoms with van der Waals surface area (Å²) in [4.78, 5) is 4.74. The average Bonchev–Trinajstić information content (AvgIpc) is 2.59. The van der Waals surface area contributed by atoms with E-state index in [9.17, 15) is 0 Å². The highest BCUT2D eigenvalue weighted by molar-refractivity contribution is 5.95. The normalized spacial score (nSPS) is 21.6. The molecule has 2 bridgehead atoms. The summed E-state index contributed by atoms with van der Waals surface area (Å²) in [7, 11) is 0. The highest BCUT2D eigenvalue weighted by Gasteiger charge is 2.36. The molecule has 2 aromatic carbocycles. The topological polar surface area (TPSA) is 12.9 Å². The Morgan fingerprint density at radius 1 is 1.00 bits per heavy atom. The smallest absolute Gasteiger partial charge is 0.0780 e. The van der Waals surface area contributed by atoms with Crippen LogP contribution >= 0.6 is 0 Å². The minimum atomic E-state index is 0.557. The van der Waals surface area contributed by atoms with Gasteiger partial charge in [0.05, 0.1) is 5.69 Å². The van der Waals surface area contributed by atoms with Crippen molar-refractivity contribution in [2.24, 2.45) is 5.92 Å². The molecule has 0 aliphatic heterocycles. The van der Waals surface area contributed by atoms with E-state index in [1.54, 1.807) is 11.1 Å². The van der Waals surface area contributed by atoms with E-state index >= 15 is 0 Å². The predicted octanol–water partition coefficient (Wildman–Crippen LogP) is 6.07. The molecule has 3 aromatic rings. The number of hydrogen-bond donors (Lipinski definition) is 0. The van der Waals surface area contributed by atoms with Crippen LogP contribution in [0, 0.1) is 5.92 Å². The zero-order valence-electron chi connectivity index (χ0n) is 14.4. The van der Waals surface area contributed by atoms with Crippen LogP contribution in [0.5, 0.6) is 0 Å². The number of hydrogen-bond acceptors (Lipinski definition) is 1. The maximum absolute atomic E-state index is 4.74. The summed E-state index contributed by atoms with van der Waals surface area (Å²) in [6, 6.07) is 16.0. The molecule has 0 N–H and O–H groups in total. The van der Waals surface area contributed by atoms with E-state index < -0.39 is 0 Å². The lowest BCUT2D eigenvalue weighted by molar-refractivity contribution is 0.237. The Kier molecular flexibility index (Phi) is 3.06. The second-order valence-corrected chi connectivity index (χ2v) is 7.95. The van der Waals surface area contributed by atoms with Crippen LogP contribution in [-0.2, 0) is 6.42 Å². The summed E-state index contributed by atoms with van der Waals surface area (Å²) < 4.78 is 0. The Morgan fingerprint density at radius 3 is 2.71 bits per heavy atom. The van der Waals surface area contributed by atoms with Crippen molar-refractivity contribution < 1.29 is 0 Å². The molecule has 3 aliphatic rings. The third kappa shape index (κ3) is 2.11. The molecule has 1 aromatic heterocycles. The molecule has 0 amide bonds. The molecule has 1 fully saturated rings. The largest absolute Gasteiger partial charge is 0.256 e. The van der Waals surface area contributed by atoms with Crippen molar-refractivity contribution in [3.63, 3.8) is 0 Å². The van der Waals surface area contributed by atoms with Gasteiger partial charge in [-0.25, -0.2) is 0 Å². The quantitative estimate of drug-likeness (QED) is 0.559. The Bertz CT molecular complexity index is 932. The zero-order valence-corrected chi connectivity index (χ0v) is 14.4. The van der Waals surface area contributed by atoms with Gasteiger partial charge >= 0.3 is 0 Å². The van der Waals surface area contributed by atoms with Crippen LogP contribution in [0.4, 0.5) is 0 Å². The Morgan fingerprint density at radius 2 is 1.88 bits per heavy atom. The van der Waals surface area contributed by atoms with E-state index in [2.05, 4.69) is 56.3 Å². The molecule has 1 heterocycles. The minimum absolute atomic E-state index is 0.557. The number of benzene rings is 2. The van der Waals surface area contributed by atoms with Crippen molar-refractivity contribution >= 4 is 10.8 Å². The van der Waals surface area contributed by atoms with E-state index in [1.807, 2.05) is 6.20 Å². The molecule has 0 saturated heterocycles. The number of aromatic nitrogens is 1. The molecule has 0 spiro atoms. The maximum atomic E-state index is 4.74. The first kappa shape index (κ1) is 14.2. The van der Waals surface area contributed by atoms with Crippen molar-refractivity contribution in [1.82, 2.24) is 4.98 Å². The fourth-order valence-corrected chi connectivity index (χ4v) is 4.56. The van der Waals surface area contributed by atoms with Crippen molar-refractivity contribution in [1.29, 1.82) is 0 Å². The van der Waals surface area contributed by atoms with Crippen molar-refractivity contribution in [2.75, 3.05) is 0 Å². The summed E-state index contributed by atoms with van der Waals surface area (Å²) in [5, 5.41) is 2.57. The van der Waals surface area contributed by atoms with E-state index in [-0.39, 0.29) is 0 Å². The standard InChI is InChI=1S/C23H23N/c1-14(2)16-5-6-21-18(12-16)7-8-24-23(21)19-4-3-17-9-15-10-20(11-15)22(17)13-19/h3-8,12-15,20H,9-11H2,1-2H3. The summed E-state index contributed by atoms with van der Waals surface area (Å²) in [5.74, 6) is 2.32. The third-order valence-electron chi connectivity index (χ3n) is 6.06. The highest BCUT2D eigenvalue weighted by atomic mass is 14.7. The molecular formula is C23H23N. The number of rotatable bonds is 2. The molecule has 3 aliphatic carbocycles. The fourth-order valence-electron chi connectivity index (χ4n) is 4.56. The van der Waals surface area contributed by atoms with E-state index in [1.165, 1.54) is 41.2 Å². The highest BCUT2D eigenvalue weighted by Crippen LogP contribution is 2.50. The molecule has 24 heavy (non-hydrogen) atoms. The van der Waals surface area contributed by atoms with E-state index in [4.69, 9.17) is 4.98 Å². The van der Waals surface area contributed by atoms with Gasteiger partial charge in [0, 0.05) is 17.1 Å². The van der Waals surface area contributed by atoms with Gasteiger partial charge in [0.1, 0.15) is 0 Å².